The zero-order chi connectivity index (χ0) is 26.1. The van der Waals surface area contributed by atoms with E-state index in [9.17, 15) is 0 Å². The predicted octanol–water partition coefficient (Wildman–Crippen LogP) is 9.11. The van der Waals surface area contributed by atoms with Crippen molar-refractivity contribution in [3.8, 4) is 5.75 Å². The molecule has 0 fully saturated rings. The minimum absolute atomic E-state index is 0.287. The summed E-state index contributed by atoms with van der Waals surface area (Å²) in [6.07, 6.45) is 7.67. The Hall–Kier alpha value is -3.82. The number of hydrogen-bond acceptors (Lipinski definition) is 3. The van der Waals surface area contributed by atoms with Crippen LogP contribution in [0.1, 0.15) is 51.8 Å². The van der Waals surface area contributed by atoms with Gasteiger partial charge in [-0.15, -0.1) is 0 Å². The van der Waals surface area contributed by atoms with Crippen LogP contribution in [0.3, 0.4) is 0 Å². The van der Waals surface area contributed by atoms with E-state index < -0.39 is 0 Å². The molecule has 0 unspecified atom stereocenters. The molecule has 0 spiro atoms. The Morgan fingerprint density at radius 1 is 0.921 bits per heavy atom. The van der Waals surface area contributed by atoms with Crippen molar-refractivity contribution in [3.05, 3.63) is 135 Å². The summed E-state index contributed by atoms with van der Waals surface area (Å²) in [7, 11) is 0. The van der Waals surface area contributed by atoms with Gasteiger partial charge in [0.1, 0.15) is 12.4 Å². The third kappa shape index (κ3) is 5.12. The molecule has 2 aliphatic rings. The van der Waals surface area contributed by atoms with Gasteiger partial charge in [0, 0.05) is 17.8 Å². The van der Waals surface area contributed by atoms with Gasteiger partial charge >= 0.3 is 0 Å². The molecule has 0 amide bonds. The smallest absolute Gasteiger partial charge is 0.138 e. The molecular weight excluding hydrogens is 488 g/mol. The fourth-order valence-corrected chi connectivity index (χ4v) is 5.76. The highest BCUT2D eigenvalue weighted by Crippen LogP contribution is 2.50. The maximum absolute atomic E-state index is 6.50. The standard InChI is InChI=1S/C34H31ClN2O/c1-22-6-9-24(10-7-22)21-38-33-17-11-25(19-31(33)35)20-36-27-14-12-26(13-15-27)34-29-5-3-4-28(29)30-18-23(2)8-16-32(30)37-34/h3-4,6-20,28-29,34,37H,5,21H2,1-2H3/t28-,29-,34+/m1/s1. The van der Waals surface area contributed by atoms with E-state index in [2.05, 4.69) is 98.0 Å². The number of ether oxygens (including phenoxy) is 1. The molecule has 6 rings (SSSR count). The number of rotatable bonds is 6. The minimum Gasteiger partial charge on any atom is -0.487 e. The predicted molar refractivity (Wildman–Crippen MR) is 158 cm³/mol. The van der Waals surface area contributed by atoms with E-state index in [1.165, 1.54) is 27.9 Å². The topological polar surface area (TPSA) is 33.6 Å². The van der Waals surface area contributed by atoms with Crippen molar-refractivity contribution in [3.63, 3.8) is 0 Å². The van der Waals surface area contributed by atoms with Crippen LogP contribution < -0.4 is 10.1 Å². The van der Waals surface area contributed by atoms with Gasteiger partial charge in [0.25, 0.3) is 0 Å². The molecule has 0 saturated heterocycles. The van der Waals surface area contributed by atoms with E-state index in [4.69, 9.17) is 21.3 Å². The lowest BCUT2D eigenvalue weighted by Crippen LogP contribution is -2.29. The molecule has 1 aliphatic heterocycles. The molecule has 38 heavy (non-hydrogen) atoms. The molecule has 0 bridgehead atoms. The minimum atomic E-state index is 0.287. The number of nitrogens with one attached hydrogen (secondary N) is 1. The molecule has 3 nitrogen and oxygen atoms in total. The van der Waals surface area contributed by atoms with E-state index in [-0.39, 0.29) is 6.04 Å². The number of anilines is 1. The first-order chi connectivity index (χ1) is 18.5. The maximum atomic E-state index is 6.50. The number of aryl methyl sites for hydroxylation is 2. The van der Waals surface area contributed by atoms with E-state index in [0.29, 0.717) is 29.2 Å². The summed E-state index contributed by atoms with van der Waals surface area (Å²) in [6.45, 7) is 4.73. The average molecular weight is 519 g/mol. The second-order valence-corrected chi connectivity index (χ2v) is 10.8. The molecule has 0 aromatic heterocycles. The molecule has 4 aromatic rings. The third-order valence-electron chi connectivity index (χ3n) is 7.60. The van der Waals surface area contributed by atoms with Crippen molar-refractivity contribution in [2.45, 2.75) is 38.8 Å². The molecule has 1 N–H and O–H groups in total. The first-order valence-electron chi connectivity index (χ1n) is 13.2. The van der Waals surface area contributed by atoms with Gasteiger partial charge in [0.15, 0.2) is 0 Å². The quantitative estimate of drug-likeness (QED) is 0.204. The molecule has 3 atom stereocenters. The lowest BCUT2D eigenvalue weighted by atomic mass is 9.76. The Kier molecular flexibility index (Phi) is 6.78. The Morgan fingerprint density at radius 2 is 1.71 bits per heavy atom. The summed E-state index contributed by atoms with van der Waals surface area (Å²) >= 11 is 6.50. The molecule has 4 aromatic carbocycles. The first-order valence-corrected chi connectivity index (χ1v) is 13.6. The van der Waals surface area contributed by atoms with E-state index in [1.54, 1.807) is 0 Å². The van der Waals surface area contributed by atoms with Gasteiger partial charge in [0.2, 0.25) is 0 Å². The van der Waals surface area contributed by atoms with Gasteiger partial charge in [-0.3, -0.25) is 4.99 Å². The van der Waals surface area contributed by atoms with E-state index in [0.717, 1.165) is 23.2 Å². The van der Waals surface area contributed by atoms with Crippen LogP contribution in [0.5, 0.6) is 5.75 Å². The second kappa shape index (κ2) is 10.5. The van der Waals surface area contributed by atoms with Crippen molar-refractivity contribution in [2.75, 3.05) is 5.32 Å². The van der Waals surface area contributed by atoms with Crippen LogP contribution in [0.2, 0.25) is 5.02 Å². The third-order valence-corrected chi connectivity index (χ3v) is 7.90. The van der Waals surface area contributed by atoms with Gasteiger partial charge in [-0.1, -0.05) is 83.4 Å². The Labute approximate surface area is 229 Å². The maximum Gasteiger partial charge on any atom is 0.138 e. The SMILES string of the molecule is Cc1ccc(COc2ccc(C=Nc3ccc([C@@H]4Nc5ccc(C)cc5[C@@H]5C=CC[C@H]54)cc3)cc2Cl)cc1. The average Bonchev–Trinajstić information content (AvgIpc) is 3.43. The summed E-state index contributed by atoms with van der Waals surface area (Å²) in [4.78, 5) is 4.69. The molecule has 4 heteroatoms. The lowest BCUT2D eigenvalue weighted by molar-refractivity contribution is 0.306. The number of benzene rings is 4. The normalized spacial score (nSPS) is 19.7. The van der Waals surface area contributed by atoms with Crippen LogP contribution in [0.25, 0.3) is 0 Å². The lowest BCUT2D eigenvalue weighted by Gasteiger charge is -2.37. The molecule has 190 valence electrons. The summed E-state index contributed by atoms with van der Waals surface area (Å²) in [6, 6.07) is 29.7. The van der Waals surface area contributed by atoms with Crippen molar-refractivity contribution in [2.24, 2.45) is 10.9 Å². The molecular formula is C34H31ClN2O. The Morgan fingerprint density at radius 3 is 2.50 bits per heavy atom. The summed E-state index contributed by atoms with van der Waals surface area (Å²) in [5.41, 5.74) is 9.48. The van der Waals surface area contributed by atoms with Crippen LogP contribution >= 0.6 is 11.6 Å². The van der Waals surface area contributed by atoms with Gasteiger partial charge in [-0.2, -0.15) is 0 Å². The first kappa shape index (κ1) is 24.5. The van der Waals surface area contributed by atoms with Crippen LogP contribution in [0.15, 0.2) is 102 Å². The number of aliphatic imine (C=N–C) groups is 1. The Bertz CT molecular complexity index is 1510. The van der Waals surface area contributed by atoms with Crippen molar-refractivity contribution in [1.82, 2.24) is 0 Å². The van der Waals surface area contributed by atoms with Crippen molar-refractivity contribution < 1.29 is 4.74 Å². The van der Waals surface area contributed by atoms with Crippen molar-refractivity contribution >= 4 is 29.2 Å². The number of hydrogen-bond donors (Lipinski definition) is 1. The van der Waals surface area contributed by atoms with Gasteiger partial charge in [-0.05, 0) is 84.8 Å². The van der Waals surface area contributed by atoms with Gasteiger partial charge in [0.05, 0.1) is 16.8 Å². The number of nitrogens with zero attached hydrogens (tertiary/aromatic N) is 1. The Balaban J connectivity index is 1.12. The number of halogens is 1. The van der Waals surface area contributed by atoms with E-state index in [1.807, 2.05) is 24.4 Å². The highest BCUT2D eigenvalue weighted by atomic mass is 35.5. The molecule has 1 aliphatic carbocycles. The zero-order valence-corrected chi connectivity index (χ0v) is 22.5. The van der Waals surface area contributed by atoms with Crippen LogP contribution in [-0.4, -0.2) is 6.21 Å². The summed E-state index contributed by atoms with van der Waals surface area (Å²) in [5, 5.41) is 4.40. The fourth-order valence-electron chi connectivity index (χ4n) is 5.52. The highest BCUT2D eigenvalue weighted by molar-refractivity contribution is 6.32. The summed E-state index contributed by atoms with van der Waals surface area (Å²) < 4.78 is 5.92. The molecule has 0 radical (unpaired) electrons. The second-order valence-electron chi connectivity index (χ2n) is 10.4. The monoisotopic (exact) mass is 518 g/mol. The zero-order valence-electron chi connectivity index (χ0n) is 21.7. The van der Waals surface area contributed by atoms with E-state index >= 15 is 0 Å². The van der Waals surface area contributed by atoms with Crippen molar-refractivity contribution in [1.29, 1.82) is 0 Å². The fraction of sp³-hybridized carbons (Fsp3) is 0.206. The van der Waals surface area contributed by atoms with Crippen LogP contribution in [-0.2, 0) is 6.61 Å². The summed E-state index contributed by atoms with van der Waals surface area (Å²) in [5.74, 6) is 1.68. The van der Waals surface area contributed by atoms with Crippen LogP contribution in [0.4, 0.5) is 11.4 Å². The largest absolute Gasteiger partial charge is 0.487 e. The van der Waals surface area contributed by atoms with Gasteiger partial charge < -0.3 is 10.1 Å². The molecule has 1 heterocycles. The molecule has 0 saturated carbocycles. The van der Waals surface area contributed by atoms with Crippen LogP contribution in [0, 0.1) is 19.8 Å². The number of allylic oxidation sites excluding steroid dienone is 2. The highest BCUT2D eigenvalue weighted by Gasteiger charge is 2.37. The number of fused-ring (bicyclic) bond motifs is 3. The van der Waals surface area contributed by atoms with Gasteiger partial charge in [-0.25, -0.2) is 0 Å².